The van der Waals surface area contributed by atoms with E-state index in [2.05, 4.69) is 0 Å². The Morgan fingerprint density at radius 3 is 1.70 bits per heavy atom. The van der Waals surface area contributed by atoms with E-state index in [4.69, 9.17) is 4.65 Å². The third-order valence-corrected chi connectivity index (χ3v) is 2.48. The molecule has 0 fully saturated rings. The highest BCUT2D eigenvalue weighted by atomic mass is 19.2. The first kappa shape index (κ1) is 14.3. The number of hydrogen-bond acceptors (Lipinski definition) is 2. The summed E-state index contributed by atoms with van der Waals surface area (Å²) in [4.78, 5) is 0. The average Bonchev–Trinajstić information content (AvgIpc) is 2.44. The van der Waals surface area contributed by atoms with Gasteiger partial charge in [0.15, 0.2) is 29.1 Å². The maximum Gasteiger partial charge on any atom is 0.566 e. The number of rotatable bonds is 3. The highest BCUT2D eigenvalue weighted by Gasteiger charge is 2.35. The Kier molecular flexibility index (Phi) is 3.94. The van der Waals surface area contributed by atoms with Crippen LogP contribution in [-0.4, -0.2) is 12.1 Å². The summed E-state index contributed by atoms with van der Waals surface area (Å²) >= 11 is 0. The summed E-state index contributed by atoms with van der Waals surface area (Å²) < 4.78 is 70.3. The average molecular weight is 288 g/mol. The van der Waals surface area contributed by atoms with Crippen LogP contribution in [0.5, 0.6) is 5.75 Å². The molecule has 1 N–H and O–H groups in total. The van der Waals surface area contributed by atoms with E-state index in [1.165, 1.54) is 24.3 Å². The molecule has 0 bridgehead atoms. The van der Waals surface area contributed by atoms with Crippen LogP contribution in [0.25, 0.3) is 0 Å². The molecule has 0 aromatic heterocycles. The lowest BCUT2D eigenvalue weighted by atomic mass is 9.78. The third kappa shape index (κ3) is 2.46. The van der Waals surface area contributed by atoms with Gasteiger partial charge in [0.2, 0.25) is 0 Å². The van der Waals surface area contributed by atoms with Crippen LogP contribution in [0.3, 0.4) is 0 Å². The number of hydrogen-bond donors (Lipinski definition) is 1. The van der Waals surface area contributed by atoms with Crippen LogP contribution >= 0.6 is 0 Å². The molecular weight excluding hydrogens is 282 g/mol. The van der Waals surface area contributed by atoms with E-state index in [9.17, 15) is 27.0 Å². The lowest BCUT2D eigenvalue weighted by molar-refractivity contribution is 0.374. The van der Waals surface area contributed by atoms with Gasteiger partial charge in [0, 0.05) is 0 Å². The molecule has 20 heavy (non-hydrogen) atoms. The molecule has 0 heterocycles. The molecule has 0 spiro atoms. The molecule has 0 amide bonds. The van der Waals surface area contributed by atoms with Crippen molar-refractivity contribution in [3.05, 3.63) is 59.4 Å². The molecule has 2 aromatic rings. The molecule has 0 atom stereocenters. The monoisotopic (exact) mass is 288 g/mol. The second-order valence-electron chi connectivity index (χ2n) is 3.77. The first-order valence-corrected chi connectivity index (χ1v) is 5.34. The van der Waals surface area contributed by atoms with Gasteiger partial charge < -0.3 is 9.68 Å². The van der Waals surface area contributed by atoms with Crippen LogP contribution in [0.4, 0.5) is 22.0 Å². The first-order valence-electron chi connectivity index (χ1n) is 5.34. The fourth-order valence-electron chi connectivity index (χ4n) is 1.53. The van der Waals surface area contributed by atoms with Gasteiger partial charge >= 0.3 is 7.12 Å². The van der Waals surface area contributed by atoms with Gasteiger partial charge in [-0.2, -0.15) is 0 Å². The summed E-state index contributed by atoms with van der Waals surface area (Å²) in [5.41, 5.74) is -1.44. The zero-order valence-corrected chi connectivity index (χ0v) is 9.71. The molecule has 2 aromatic carbocycles. The van der Waals surface area contributed by atoms with Crippen LogP contribution in [-0.2, 0) is 0 Å². The fraction of sp³-hybridized carbons (Fsp3) is 0. The van der Waals surface area contributed by atoms with Crippen LogP contribution in [0.15, 0.2) is 30.3 Å². The fourth-order valence-corrected chi connectivity index (χ4v) is 1.53. The summed E-state index contributed by atoms with van der Waals surface area (Å²) in [5, 5.41) is 9.52. The predicted molar refractivity (Wildman–Crippen MR) is 60.9 cm³/mol. The summed E-state index contributed by atoms with van der Waals surface area (Å²) in [6, 6.07) is 7.30. The molecule has 0 aliphatic carbocycles. The van der Waals surface area contributed by atoms with E-state index >= 15 is 0 Å². The smallest absolute Gasteiger partial charge is 0.532 e. The Morgan fingerprint density at radius 2 is 1.20 bits per heavy atom. The van der Waals surface area contributed by atoms with Gasteiger partial charge in [0.05, 0.1) is 5.46 Å². The van der Waals surface area contributed by atoms with Crippen molar-refractivity contribution in [3.8, 4) is 5.75 Å². The quantitative estimate of drug-likeness (QED) is 0.406. The number of benzene rings is 2. The molecule has 2 rings (SSSR count). The lowest BCUT2D eigenvalue weighted by Gasteiger charge is -2.12. The third-order valence-electron chi connectivity index (χ3n) is 2.48. The van der Waals surface area contributed by atoms with Gasteiger partial charge in [0.25, 0.3) is 0 Å². The van der Waals surface area contributed by atoms with E-state index in [0.29, 0.717) is 0 Å². The molecule has 0 radical (unpaired) electrons. The van der Waals surface area contributed by atoms with Crippen molar-refractivity contribution in [3.63, 3.8) is 0 Å². The van der Waals surface area contributed by atoms with Crippen molar-refractivity contribution in [1.29, 1.82) is 0 Å². The summed E-state index contributed by atoms with van der Waals surface area (Å²) in [5.74, 6) is -10.8. The Morgan fingerprint density at radius 1 is 0.750 bits per heavy atom. The van der Waals surface area contributed by atoms with E-state index in [1.54, 1.807) is 6.07 Å². The maximum atomic E-state index is 13.4. The normalized spacial score (nSPS) is 10.5. The molecule has 0 saturated carbocycles. The molecule has 0 unspecified atom stereocenters. The van der Waals surface area contributed by atoms with Crippen molar-refractivity contribution in [2.45, 2.75) is 0 Å². The molecule has 0 aliphatic heterocycles. The number of para-hydroxylation sites is 1. The second-order valence-corrected chi connectivity index (χ2v) is 3.77. The maximum absolute atomic E-state index is 13.4. The zero-order valence-electron chi connectivity index (χ0n) is 9.71. The molecule has 0 saturated heterocycles. The number of halogens is 5. The van der Waals surface area contributed by atoms with Gasteiger partial charge in [-0.25, -0.2) is 22.0 Å². The van der Waals surface area contributed by atoms with Gasteiger partial charge in [-0.3, -0.25) is 0 Å². The van der Waals surface area contributed by atoms with Crippen molar-refractivity contribution in [1.82, 2.24) is 0 Å². The molecule has 0 aliphatic rings. The second kappa shape index (κ2) is 5.50. The standard InChI is InChI=1S/C12H6BF5O2/c14-8-7(9(15)11(17)12(18)10(8)16)13(19)20-6-4-2-1-3-5-6/h1-5,19H. The Balaban J connectivity index is 2.42. The van der Waals surface area contributed by atoms with Crippen LogP contribution in [0, 0.1) is 29.1 Å². The van der Waals surface area contributed by atoms with Gasteiger partial charge in [0.1, 0.15) is 5.75 Å². The van der Waals surface area contributed by atoms with E-state index < -0.39 is 41.7 Å². The van der Waals surface area contributed by atoms with Crippen LogP contribution in [0.1, 0.15) is 0 Å². The highest BCUT2D eigenvalue weighted by molar-refractivity contribution is 6.60. The highest BCUT2D eigenvalue weighted by Crippen LogP contribution is 2.17. The lowest BCUT2D eigenvalue weighted by Crippen LogP contribution is -2.43. The van der Waals surface area contributed by atoms with E-state index in [-0.39, 0.29) is 5.75 Å². The summed E-state index contributed by atoms with van der Waals surface area (Å²) in [7, 11) is -2.33. The predicted octanol–water partition coefficient (Wildman–Crippen LogP) is 2.15. The van der Waals surface area contributed by atoms with Crippen molar-refractivity contribution in [2.75, 3.05) is 0 Å². The molecule has 104 valence electrons. The Bertz CT molecular complexity index is 606. The van der Waals surface area contributed by atoms with Gasteiger partial charge in [-0.05, 0) is 12.1 Å². The van der Waals surface area contributed by atoms with E-state index in [0.717, 1.165) is 0 Å². The minimum atomic E-state index is -2.33. The molecule has 8 heteroatoms. The summed E-state index contributed by atoms with van der Waals surface area (Å²) in [6.45, 7) is 0. The molecular formula is C12H6BF5O2. The largest absolute Gasteiger partial charge is 0.566 e. The van der Waals surface area contributed by atoms with Crippen LogP contribution in [0.2, 0.25) is 0 Å². The van der Waals surface area contributed by atoms with Gasteiger partial charge in [-0.15, -0.1) is 0 Å². The zero-order chi connectivity index (χ0) is 14.9. The minimum Gasteiger partial charge on any atom is -0.532 e. The minimum absolute atomic E-state index is 0.00365. The van der Waals surface area contributed by atoms with Gasteiger partial charge in [-0.1, -0.05) is 18.2 Å². The summed E-state index contributed by atoms with van der Waals surface area (Å²) in [6.07, 6.45) is 0. The Hall–Kier alpha value is -2.09. The first-order chi connectivity index (χ1) is 9.43. The topological polar surface area (TPSA) is 29.5 Å². The van der Waals surface area contributed by atoms with E-state index in [1.807, 2.05) is 0 Å². The molecule has 2 nitrogen and oxygen atoms in total. The SMILES string of the molecule is OB(Oc1ccccc1)c1c(F)c(F)c(F)c(F)c1F. The van der Waals surface area contributed by atoms with Crippen molar-refractivity contribution in [2.24, 2.45) is 0 Å². The van der Waals surface area contributed by atoms with Crippen LogP contribution < -0.4 is 10.1 Å². The van der Waals surface area contributed by atoms with Crippen molar-refractivity contribution >= 4 is 12.6 Å². The van der Waals surface area contributed by atoms with Crippen molar-refractivity contribution < 1.29 is 31.6 Å². The Labute approximate surface area is 110 Å².